The van der Waals surface area contributed by atoms with Gasteiger partial charge in [0.25, 0.3) is 0 Å². The molecule has 0 bridgehead atoms. The van der Waals surface area contributed by atoms with E-state index in [9.17, 15) is 9.59 Å². The van der Waals surface area contributed by atoms with Crippen molar-refractivity contribution < 1.29 is 51.9 Å². The molecule has 7 rings (SSSR count). The summed E-state index contributed by atoms with van der Waals surface area (Å²) in [6, 6.07) is 2.18. The maximum Gasteiger partial charge on any atom is 0.307 e. The molecular weight excluding hydrogens is 730 g/mol. The van der Waals surface area contributed by atoms with Gasteiger partial charge in [-0.15, -0.1) is 0 Å². The molecule has 0 spiro atoms. The van der Waals surface area contributed by atoms with Gasteiger partial charge in [0.1, 0.15) is 24.4 Å². The molecule has 3 saturated heterocycles. The minimum Gasteiger partial charge on any atom is -0.472 e. The molecule has 14 unspecified atom stereocenters. The van der Waals surface area contributed by atoms with Gasteiger partial charge in [0, 0.05) is 44.8 Å². The van der Waals surface area contributed by atoms with E-state index in [1.165, 1.54) is 5.57 Å². The van der Waals surface area contributed by atoms with Crippen molar-refractivity contribution >= 4 is 11.8 Å². The first-order valence-electron chi connectivity index (χ1n) is 21.5. The number of cyclic esters (lactones) is 1. The van der Waals surface area contributed by atoms with Crippen LogP contribution in [0.25, 0.3) is 0 Å². The molecule has 0 aromatic carbocycles. The van der Waals surface area contributed by atoms with E-state index in [-0.39, 0.29) is 90.7 Å². The maximum atomic E-state index is 14.9. The molecule has 6 aliphatic rings. The molecule has 0 N–H and O–H groups in total. The van der Waals surface area contributed by atoms with Gasteiger partial charge < -0.3 is 47.2 Å². The van der Waals surface area contributed by atoms with E-state index in [0.29, 0.717) is 25.3 Å². The average Bonchev–Trinajstić information content (AvgIpc) is 3.96. The molecule has 12 nitrogen and oxygen atoms in total. The highest BCUT2D eigenvalue weighted by molar-refractivity contribution is 5.99. The van der Waals surface area contributed by atoms with E-state index in [4.69, 9.17) is 42.3 Å². The Balaban J connectivity index is 1.14. The number of fused-ring (bicyclic) bond motifs is 5. The molecular formula is C45H67NO11. The van der Waals surface area contributed by atoms with Crippen molar-refractivity contribution in [2.45, 2.75) is 153 Å². The summed E-state index contributed by atoms with van der Waals surface area (Å²) in [5.74, 6) is -0.361. The van der Waals surface area contributed by atoms with E-state index < -0.39 is 24.4 Å². The summed E-state index contributed by atoms with van der Waals surface area (Å²) in [7, 11) is 9.18. The molecule has 17 atom stereocenters. The van der Waals surface area contributed by atoms with Gasteiger partial charge in [-0.2, -0.15) is 0 Å². The van der Waals surface area contributed by atoms with Crippen molar-refractivity contribution in [3.63, 3.8) is 0 Å². The lowest BCUT2D eigenvalue weighted by molar-refractivity contribution is -0.317. The Hall–Kier alpha value is -2.42. The number of nitrogens with zero attached hydrogens (tertiary/aromatic N) is 1. The van der Waals surface area contributed by atoms with Gasteiger partial charge in [0.2, 0.25) is 0 Å². The van der Waals surface area contributed by atoms with Crippen LogP contribution in [-0.4, -0.2) is 113 Å². The molecule has 1 saturated carbocycles. The SMILES string of the molecule is CC[C@@H]1OC(OC2CC3C(C)=CC4C5CC(=O)OC(c6ccoc6)CCCC(OC6CC[C@@H](N(C)C)[C@@H](C)O6)C(C)C(=O)C5=CC4C3C2)C(OC)C(OC)C1OC. The smallest absolute Gasteiger partial charge is 0.307 e. The summed E-state index contributed by atoms with van der Waals surface area (Å²) in [5, 5.41) is 0. The number of likely N-dealkylation sites (N-methyl/N-ethyl adjacent to an activating group) is 1. The largest absolute Gasteiger partial charge is 0.472 e. The average molecular weight is 798 g/mol. The number of carbonyl (C=O) groups excluding carboxylic acids is 2. The molecule has 0 amide bonds. The first-order valence-corrected chi connectivity index (χ1v) is 21.5. The predicted molar refractivity (Wildman–Crippen MR) is 211 cm³/mol. The van der Waals surface area contributed by atoms with Crippen molar-refractivity contribution in [1.29, 1.82) is 0 Å². The van der Waals surface area contributed by atoms with Gasteiger partial charge in [0.05, 0.1) is 43.4 Å². The Morgan fingerprint density at radius 2 is 1.63 bits per heavy atom. The van der Waals surface area contributed by atoms with Crippen LogP contribution in [0.4, 0.5) is 0 Å². The number of esters is 1. The van der Waals surface area contributed by atoms with Crippen molar-refractivity contribution in [3.8, 4) is 0 Å². The molecule has 4 fully saturated rings. The van der Waals surface area contributed by atoms with Gasteiger partial charge in [-0.3, -0.25) is 9.59 Å². The van der Waals surface area contributed by atoms with Crippen LogP contribution >= 0.6 is 0 Å². The third-order valence-corrected chi connectivity index (χ3v) is 14.3. The van der Waals surface area contributed by atoms with Crippen LogP contribution in [-0.2, 0) is 47.5 Å². The summed E-state index contributed by atoms with van der Waals surface area (Å²) < 4.78 is 55.9. The molecule has 0 radical (unpaired) electrons. The second-order valence-corrected chi connectivity index (χ2v) is 17.7. The molecule has 1 aromatic rings. The first kappa shape index (κ1) is 42.7. The van der Waals surface area contributed by atoms with E-state index in [1.54, 1.807) is 33.9 Å². The van der Waals surface area contributed by atoms with Crippen molar-refractivity contribution in [2.75, 3.05) is 35.4 Å². The zero-order chi connectivity index (χ0) is 40.5. The Morgan fingerprint density at radius 3 is 2.30 bits per heavy atom. The highest BCUT2D eigenvalue weighted by Gasteiger charge is 2.54. The molecule has 12 heteroatoms. The number of rotatable bonds is 10. The number of ether oxygens (including phenoxy) is 8. The molecule has 4 heterocycles. The number of methoxy groups -OCH3 is 3. The van der Waals surface area contributed by atoms with Crippen LogP contribution in [0.1, 0.15) is 97.1 Å². The number of allylic oxidation sites excluding steroid dienone is 4. The van der Waals surface area contributed by atoms with Crippen LogP contribution in [0.3, 0.4) is 0 Å². The van der Waals surface area contributed by atoms with Crippen LogP contribution in [0.5, 0.6) is 0 Å². The Labute approximate surface area is 339 Å². The number of furan rings is 1. The summed E-state index contributed by atoms with van der Waals surface area (Å²) in [6.45, 7) is 8.38. The third-order valence-electron chi connectivity index (χ3n) is 14.3. The molecule has 57 heavy (non-hydrogen) atoms. The van der Waals surface area contributed by atoms with E-state index in [1.807, 2.05) is 13.0 Å². The lowest BCUT2D eigenvalue weighted by atomic mass is 9.67. The van der Waals surface area contributed by atoms with Gasteiger partial charge >= 0.3 is 5.97 Å². The van der Waals surface area contributed by atoms with Crippen LogP contribution < -0.4 is 0 Å². The zero-order valence-electron chi connectivity index (χ0n) is 35.5. The number of Topliss-reactive ketones (excluding diaryl/α,β-unsaturated/α-hetero) is 1. The van der Waals surface area contributed by atoms with Gasteiger partial charge in [0.15, 0.2) is 18.4 Å². The standard InChI is InChI=1S/C45H67NO11/c1-10-36-42(49-7)43(50-8)44(51-9)45(57-36)54-28-19-29-24(2)18-30-32(31(29)20-28)21-34-33(30)22-39(47)55-38(27-16-17-52-23-27)13-11-12-37(25(3)41(34)48)56-40-15-14-35(46(5)6)26(4)53-40/h16-18,21,23,25-26,28-33,35-38,40,42-45H,10-15,19-20,22H2,1-9H3/t25?,26-,28?,29?,30?,31?,32?,33?,35-,36+,37?,38?,40?,42?,43?,44?,45?/m1/s1. The predicted octanol–water partition coefficient (Wildman–Crippen LogP) is 6.82. The van der Waals surface area contributed by atoms with Gasteiger partial charge in [-0.1, -0.05) is 31.6 Å². The second kappa shape index (κ2) is 18.5. The zero-order valence-corrected chi connectivity index (χ0v) is 35.5. The van der Waals surface area contributed by atoms with Crippen molar-refractivity contribution in [1.82, 2.24) is 4.90 Å². The van der Waals surface area contributed by atoms with Crippen LogP contribution in [0.15, 0.2) is 46.3 Å². The number of ketones is 1. The lowest BCUT2D eigenvalue weighted by Crippen LogP contribution is -2.60. The monoisotopic (exact) mass is 797 g/mol. The van der Waals surface area contributed by atoms with E-state index in [0.717, 1.165) is 43.2 Å². The van der Waals surface area contributed by atoms with Crippen molar-refractivity contribution in [2.24, 2.45) is 35.5 Å². The third kappa shape index (κ3) is 8.76. The maximum absolute atomic E-state index is 14.9. The Bertz CT molecular complexity index is 1580. The first-order chi connectivity index (χ1) is 27.5. The lowest BCUT2D eigenvalue weighted by Gasteiger charge is -2.45. The quantitative estimate of drug-likeness (QED) is 0.182. The number of hydrogen-bond donors (Lipinski definition) is 0. The van der Waals surface area contributed by atoms with E-state index in [2.05, 4.69) is 51.9 Å². The minimum absolute atomic E-state index is 0.00802. The fourth-order valence-corrected chi connectivity index (χ4v) is 11.3. The fraction of sp³-hybridized carbons (Fsp3) is 0.778. The molecule has 3 aliphatic heterocycles. The summed E-state index contributed by atoms with van der Waals surface area (Å²) in [5.41, 5.74) is 2.86. The highest BCUT2D eigenvalue weighted by atomic mass is 16.7. The summed E-state index contributed by atoms with van der Waals surface area (Å²) in [4.78, 5) is 31.0. The molecule has 318 valence electrons. The Morgan fingerprint density at radius 1 is 0.860 bits per heavy atom. The Kier molecular flexibility index (Phi) is 13.8. The summed E-state index contributed by atoms with van der Waals surface area (Å²) >= 11 is 0. The van der Waals surface area contributed by atoms with Crippen LogP contribution in [0, 0.1) is 35.5 Å². The highest BCUT2D eigenvalue weighted by Crippen LogP contribution is 2.56. The second-order valence-electron chi connectivity index (χ2n) is 17.7. The summed E-state index contributed by atoms with van der Waals surface area (Å²) in [6.07, 6.45) is 10.9. The molecule has 1 aromatic heterocycles. The number of carbonyl (C=O) groups is 2. The van der Waals surface area contributed by atoms with Crippen molar-refractivity contribution in [3.05, 3.63) is 47.5 Å². The topological polar surface area (TPSA) is 124 Å². The fourth-order valence-electron chi connectivity index (χ4n) is 11.3. The van der Waals surface area contributed by atoms with Gasteiger partial charge in [-0.05, 0) is 115 Å². The van der Waals surface area contributed by atoms with E-state index >= 15 is 0 Å². The normalized spacial score (nSPS) is 42.9. The molecule has 3 aliphatic carbocycles. The minimum atomic E-state index is -0.611. The van der Waals surface area contributed by atoms with Gasteiger partial charge in [-0.25, -0.2) is 0 Å². The number of hydrogen-bond acceptors (Lipinski definition) is 12. The van der Waals surface area contributed by atoms with Crippen LogP contribution in [0.2, 0.25) is 0 Å².